The second-order valence-electron chi connectivity index (χ2n) is 11.4. The number of rotatable bonds is 9. The van der Waals surface area contributed by atoms with Gasteiger partial charge in [0.2, 0.25) is 21.8 Å². The second kappa shape index (κ2) is 12.8. The summed E-state index contributed by atoms with van der Waals surface area (Å²) in [4.78, 5) is 42.5. The van der Waals surface area contributed by atoms with Gasteiger partial charge in [-0.1, -0.05) is 43.6 Å². The third-order valence-electron chi connectivity index (χ3n) is 7.52. The van der Waals surface area contributed by atoms with Gasteiger partial charge in [-0.3, -0.25) is 19.1 Å². The molecule has 228 valence electrons. The van der Waals surface area contributed by atoms with Crippen LogP contribution < -0.4 is 19.3 Å². The number of carbonyl (C=O) groups is 3. The molecule has 0 fully saturated rings. The summed E-state index contributed by atoms with van der Waals surface area (Å²) in [6.45, 7) is 6.97. The molecule has 1 heterocycles. The summed E-state index contributed by atoms with van der Waals surface area (Å²) in [7, 11) is -3.65. The van der Waals surface area contributed by atoms with Crippen LogP contribution in [0, 0.1) is 5.41 Å². The number of hydrogen-bond acceptors (Lipinski definition) is 6. The fourth-order valence-electron chi connectivity index (χ4n) is 5.20. The average Bonchev–Trinajstić information content (AvgIpc) is 2.93. The maximum absolute atomic E-state index is 13.8. The van der Waals surface area contributed by atoms with Gasteiger partial charge in [0.1, 0.15) is 5.75 Å². The van der Waals surface area contributed by atoms with Crippen molar-refractivity contribution in [3.63, 3.8) is 0 Å². The third-order valence-corrected chi connectivity index (χ3v) is 8.33. The lowest BCUT2D eigenvalue weighted by molar-refractivity contribution is -0.128. The Morgan fingerprint density at radius 1 is 1.02 bits per heavy atom. The van der Waals surface area contributed by atoms with E-state index < -0.39 is 21.3 Å². The van der Waals surface area contributed by atoms with Gasteiger partial charge in [-0.25, -0.2) is 8.42 Å². The number of amides is 3. The maximum Gasteiger partial charge on any atom is 0.258 e. The minimum atomic E-state index is -3.65. The molecule has 43 heavy (non-hydrogen) atoms. The summed E-state index contributed by atoms with van der Waals surface area (Å²) in [6.07, 6.45) is 1.75. The van der Waals surface area contributed by atoms with Crippen LogP contribution in [0.1, 0.15) is 62.5 Å². The summed E-state index contributed by atoms with van der Waals surface area (Å²) in [5.74, 6) is -0.367. The summed E-state index contributed by atoms with van der Waals surface area (Å²) in [5.41, 5.74) is 1.87. The maximum atomic E-state index is 13.8. The van der Waals surface area contributed by atoms with Crippen LogP contribution in [-0.2, 0) is 19.6 Å². The molecule has 1 aliphatic rings. The molecule has 0 spiro atoms. The third kappa shape index (κ3) is 7.55. The van der Waals surface area contributed by atoms with Crippen LogP contribution in [0.3, 0.4) is 0 Å². The highest BCUT2D eigenvalue weighted by Crippen LogP contribution is 2.43. The van der Waals surface area contributed by atoms with Crippen LogP contribution in [0.4, 0.5) is 11.4 Å². The topological polar surface area (TPSA) is 113 Å². The smallest absolute Gasteiger partial charge is 0.258 e. The van der Waals surface area contributed by atoms with Gasteiger partial charge in [0.25, 0.3) is 5.91 Å². The van der Waals surface area contributed by atoms with E-state index in [4.69, 9.17) is 16.3 Å². The Bertz CT molecular complexity index is 1610. The van der Waals surface area contributed by atoms with Crippen molar-refractivity contribution in [3.8, 4) is 5.75 Å². The summed E-state index contributed by atoms with van der Waals surface area (Å²) < 4.78 is 30.6. The predicted molar refractivity (Wildman–Crippen MR) is 168 cm³/mol. The van der Waals surface area contributed by atoms with E-state index in [0.29, 0.717) is 22.8 Å². The second-order valence-corrected chi connectivity index (χ2v) is 13.6. The largest absolute Gasteiger partial charge is 0.494 e. The first kappa shape index (κ1) is 32.0. The first-order valence-electron chi connectivity index (χ1n) is 13.9. The molecule has 0 aliphatic carbocycles. The van der Waals surface area contributed by atoms with E-state index in [0.717, 1.165) is 23.2 Å². The van der Waals surface area contributed by atoms with Crippen molar-refractivity contribution in [2.45, 2.75) is 52.6 Å². The number of carbonyl (C=O) groups excluding carboxylic acids is 3. The normalized spacial score (nSPS) is 16.7. The lowest BCUT2D eigenvalue weighted by Crippen LogP contribution is -2.47. The molecule has 9 nitrogen and oxygen atoms in total. The first-order chi connectivity index (χ1) is 20.2. The van der Waals surface area contributed by atoms with Crippen LogP contribution in [0.15, 0.2) is 72.8 Å². The Morgan fingerprint density at radius 2 is 1.65 bits per heavy atom. The molecule has 0 radical (unpaired) electrons. The van der Waals surface area contributed by atoms with E-state index in [1.807, 2.05) is 48.0 Å². The van der Waals surface area contributed by atoms with Gasteiger partial charge in [0.15, 0.2) is 0 Å². The van der Waals surface area contributed by atoms with Gasteiger partial charge in [-0.05, 0) is 79.9 Å². The van der Waals surface area contributed by atoms with Crippen LogP contribution in [0.5, 0.6) is 5.75 Å². The van der Waals surface area contributed by atoms with Crippen molar-refractivity contribution in [1.29, 1.82) is 0 Å². The van der Waals surface area contributed by atoms with Gasteiger partial charge in [0.05, 0.1) is 18.9 Å². The molecule has 0 saturated carbocycles. The molecule has 11 heteroatoms. The molecule has 2 unspecified atom stereocenters. The molecule has 4 rings (SSSR count). The zero-order chi connectivity index (χ0) is 31.5. The first-order valence-corrected chi connectivity index (χ1v) is 16.2. The van der Waals surface area contributed by atoms with Gasteiger partial charge in [-0.15, -0.1) is 0 Å². The van der Waals surface area contributed by atoms with Gasteiger partial charge in [-0.2, -0.15) is 0 Å². The van der Waals surface area contributed by atoms with Gasteiger partial charge in [0, 0.05) is 40.3 Å². The summed E-state index contributed by atoms with van der Waals surface area (Å²) in [5, 5.41) is 0.582. The Labute approximate surface area is 257 Å². The lowest BCUT2D eigenvalue weighted by atomic mass is 9.89. The Kier molecular flexibility index (Phi) is 9.51. The molecule has 1 aliphatic heterocycles. The van der Waals surface area contributed by atoms with Crippen LogP contribution in [-0.4, -0.2) is 45.0 Å². The molecule has 0 saturated heterocycles. The number of para-hydroxylation sites is 1. The minimum Gasteiger partial charge on any atom is -0.494 e. The highest BCUT2D eigenvalue weighted by atomic mass is 35.5. The number of sulfonamides is 1. The molecule has 3 amide bonds. The molecule has 0 bridgehead atoms. The minimum absolute atomic E-state index is 0.107. The molecular weight excluding hydrogens is 590 g/mol. The van der Waals surface area contributed by atoms with Crippen LogP contribution in [0.25, 0.3) is 0 Å². The van der Waals surface area contributed by atoms with E-state index in [1.165, 1.54) is 6.92 Å². The number of hydrogen-bond donors (Lipinski definition) is 1. The standard InChI is InChI=1S/C32H36ClN3O6S/c1-21-20-29(36(22(2)37)25-14-12-24(33)13-15-25)27-8-6-7-9-28(27)35(21)30(38)23-10-16-26(17-11-23)42-19-18-32(3,4)31(39)34-43(5,40)41/h6-17,21,29H,18-20H2,1-5H3,(H,34,39). The van der Waals surface area contributed by atoms with E-state index in [9.17, 15) is 22.8 Å². The fraction of sp³-hybridized carbons (Fsp3) is 0.344. The highest BCUT2D eigenvalue weighted by Gasteiger charge is 2.38. The number of nitrogens with zero attached hydrogens (tertiary/aromatic N) is 2. The van der Waals surface area contributed by atoms with Crippen molar-refractivity contribution < 1.29 is 27.5 Å². The number of halogens is 1. The Hall–Kier alpha value is -3.89. The van der Waals surface area contributed by atoms with Crippen molar-refractivity contribution in [2.75, 3.05) is 22.7 Å². The summed E-state index contributed by atoms with van der Waals surface area (Å²) >= 11 is 6.09. The highest BCUT2D eigenvalue weighted by molar-refractivity contribution is 7.89. The van der Waals surface area contributed by atoms with Crippen molar-refractivity contribution >= 4 is 50.7 Å². The zero-order valence-corrected chi connectivity index (χ0v) is 26.4. The van der Waals surface area contributed by atoms with Crippen LogP contribution in [0.2, 0.25) is 5.02 Å². The Balaban J connectivity index is 1.50. The van der Waals surface area contributed by atoms with Crippen molar-refractivity contribution in [1.82, 2.24) is 4.72 Å². The van der Waals surface area contributed by atoms with Gasteiger partial charge >= 0.3 is 0 Å². The van der Waals surface area contributed by atoms with E-state index in [2.05, 4.69) is 0 Å². The quantitative estimate of drug-likeness (QED) is 0.324. The zero-order valence-electron chi connectivity index (χ0n) is 24.8. The molecule has 2 atom stereocenters. The molecule has 3 aromatic carbocycles. The number of benzene rings is 3. The number of fused-ring (bicyclic) bond motifs is 1. The molecule has 0 aromatic heterocycles. The fourth-order valence-corrected chi connectivity index (χ4v) is 5.93. The van der Waals surface area contributed by atoms with E-state index in [1.54, 1.807) is 60.0 Å². The predicted octanol–water partition coefficient (Wildman–Crippen LogP) is 5.74. The van der Waals surface area contributed by atoms with Crippen LogP contribution >= 0.6 is 11.6 Å². The average molecular weight is 626 g/mol. The van der Waals surface area contributed by atoms with E-state index in [-0.39, 0.29) is 36.9 Å². The monoisotopic (exact) mass is 625 g/mol. The van der Waals surface area contributed by atoms with Crippen molar-refractivity contribution in [2.24, 2.45) is 5.41 Å². The van der Waals surface area contributed by atoms with Crippen molar-refractivity contribution in [3.05, 3.63) is 88.9 Å². The molecule has 3 aromatic rings. The Morgan fingerprint density at radius 3 is 2.26 bits per heavy atom. The molecular formula is C32H36ClN3O6S. The molecule has 1 N–H and O–H groups in total. The van der Waals surface area contributed by atoms with Gasteiger partial charge < -0.3 is 14.5 Å². The SMILES string of the molecule is CC(=O)N(c1ccc(Cl)cc1)C1CC(C)N(C(=O)c2ccc(OCCC(C)(C)C(=O)NS(C)(=O)=O)cc2)c2ccccc21. The number of anilines is 2. The lowest BCUT2D eigenvalue weighted by Gasteiger charge is -2.43. The van der Waals surface area contributed by atoms with E-state index >= 15 is 0 Å². The number of ether oxygens (including phenoxy) is 1. The summed E-state index contributed by atoms with van der Waals surface area (Å²) in [6, 6.07) is 21.1. The number of nitrogens with one attached hydrogen (secondary N) is 1.